The molecule has 1 fully saturated rings. The molecule has 3 aromatic carbocycles. The van der Waals surface area contributed by atoms with Crippen LogP contribution < -0.4 is 0 Å². The largest absolute Gasteiger partial charge is 0.302 e. The predicted octanol–water partition coefficient (Wildman–Crippen LogP) is 5.07. The topological polar surface area (TPSA) is 20.3 Å². The Hall–Kier alpha value is -2.45. The van der Waals surface area contributed by atoms with E-state index in [9.17, 15) is 4.79 Å². The highest BCUT2D eigenvalue weighted by Crippen LogP contribution is 2.33. The average molecular weight is 355 g/mol. The van der Waals surface area contributed by atoms with Crippen molar-refractivity contribution in [3.05, 3.63) is 83.4 Å². The van der Waals surface area contributed by atoms with Crippen molar-refractivity contribution in [2.75, 3.05) is 19.6 Å². The smallest absolute Gasteiger partial charge is 0.164 e. The minimum Gasteiger partial charge on any atom is -0.302 e. The van der Waals surface area contributed by atoms with Crippen LogP contribution in [0.1, 0.15) is 40.2 Å². The maximum atomic E-state index is 13.0. The van der Waals surface area contributed by atoms with Crippen LogP contribution in [0.5, 0.6) is 0 Å². The molecule has 0 aromatic heterocycles. The molecule has 2 nitrogen and oxygen atoms in total. The molecule has 2 unspecified atom stereocenters. The third-order valence-electron chi connectivity index (χ3n) is 6.34. The Balaban J connectivity index is 1.31. The monoisotopic (exact) mass is 355 g/mol. The van der Waals surface area contributed by atoms with Crippen LogP contribution in [-0.4, -0.2) is 30.3 Å². The van der Waals surface area contributed by atoms with Crippen LogP contribution in [0.4, 0.5) is 0 Å². The van der Waals surface area contributed by atoms with E-state index < -0.39 is 0 Å². The van der Waals surface area contributed by atoms with Gasteiger partial charge in [-0.1, -0.05) is 66.7 Å². The van der Waals surface area contributed by atoms with Gasteiger partial charge in [0.25, 0.3) is 0 Å². The molecular weight excluding hydrogens is 330 g/mol. The van der Waals surface area contributed by atoms with Crippen molar-refractivity contribution in [3.63, 3.8) is 0 Å². The van der Waals surface area contributed by atoms with E-state index in [0.717, 1.165) is 37.0 Å². The van der Waals surface area contributed by atoms with Crippen LogP contribution in [0.15, 0.2) is 66.7 Å². The van der Waals surface area contributed by atoms with Gasteiger partial charge < -0.3 is 4.90 Å². The zero-order valence-electron chi connectivity index (χ0n) is 15.6. The van der Waals surface area contributed by atoms with Gasteiger partial charge in [-0.05, 0) is 53.1 Å². The number of ketones is 1. The Bertz CT molecular complexity index is 978. The Morgan fingerprint density at radius 1 is 0.889 bits per heavy atom. The molecule has 1 heterocycles. The molecule has 5 rings (SSSR count). The molecule has 1 aliphatic heterocycles. The molecule has 27 heavy (non-hydrogen) atoms. The first-order chi connectivity index (χ1) is 13.3. The van der Waals surface area contributed by atoms with Crippen molar-refractivity contribution in [1.29, 1.82) is 0 Å². The van der Waals surface area contributed by atoms with Gasteiger partial charge in [0.15, 0.2) is 5.78 Å². The molecule has 0 bridgehead atoms. The van der Waals surface area contributed by atoms with E-state index in [1.807, 2.05) is 12.1 Å². The van der Waals surface area contributed by atoms with E-state index in [1.54, 1.807) is 0 Å². The van der Waals surface area contributed by atoms with Crippen LogP contribution in [0.25, 0.3) is 10.8 Å². The number of Topliss-reactive ketones (excluding diaryl/α,β-unsaturated/α-hetero) is 1. The van der Waals surface area contributed by atoms with Gasteiger partial charge in [0.1, 0.15) is 0 Å². The number of likely N-dealkylation sites (tertiary alicyclic amines) is 1. The van der Waals surface area contributed by atoms with Gasteiger partial charge in [-0.3, -0.25) is 4.79 Å². The summed E-state index contributed by atoms with van der Waals surface area (Å²) < 4.78 is 0. The van der Waals surface area contributed by atoms with Crippen LogP contribution in [-0.2, 0) is 6.42 Å². The van der Waals surface area contributed by atoms with E-state index in [2.05, 4.69) is 59.5 Å². The first kappa shape index (κ1) is 16.7. The lowest BCUT2D eigenvalue weighted by Gasteiger charge is -2.28. The summed E-state index contributed by atoms with van der Waals surface area (Å²) in [5.74, 6) is 1.42. The summed E-state index contributed by atoms with van der Waals surface area (Å²) in [4.78, 5) is 15.5. The van der Waals surface area contributed by atoms with Gasteiger partial charge in [0, 0.05) is 25.1 Å². The number of rotatable bonds is 3. The number of nitrogens with zero attached hydrogens (tertiary/aromatic N) is 1. The van der Waals surface area contributed by atoms with E-state index in [1.165, 1.54) is 22.9 Å². The van der Waals surface area contributed by atoms with Gasteiger partial charge in [-0.15, -0.1) is 0 Å². The average Bonchev–Trinajstić information content (AvgIpc) is 3.16. The molecule has 0 amide bonds. The first-order valence-electron chi connectivity index (χ1n) is 10.1. The van der Waals surface area contributed by atoms with E-state index >= 15 is 0 Å². The Kier molecular flexibility index (Phi) is 4.29. The number of hydrogen-bond acceptors (Lipinski definition) is 2. The number of carbonyl (C=O) groups is 1. The van der Waals surface area contributed by atoms with Crippen LogP contribution >= 0.6 is 0 Å². The summed E-state index contributed by atoms with van der Waals surface area (Å²) in [5.41, 5.74) is 3.68. The summed E-state index contributed by atoms with van der Waals surface area (Å²) in [5, 5.41) is 2.30. The second-order valence-electron chi connectivity index (χ2n) is 8.17. The Morgan fingerprint density at radius 3 is 2.59 bits per heavy atom. The zero-order chi connectivity index (χ0) is 18.2. The van der Waals surface area contributed by atoms with Gasteiger partial charge >= 0.3 is 0 Å². The van der Waals surface area contributed by atoms with Crippen LogP contribution in [0.2, 0.25) is 0 Å². The fourth-order valence-corrected chi connectivity index (χ4v) is 5.05. The number of hydrogen-bond donors (Lipinski definition) is 0. The van der Waals surface area contributed by atoms with Crippen molar-refractivity contribution >= 4 is 16.6 Å². The highest BCUT2D eigenvalue weighted by molar-refractivity contribution is 6.10. The minimum atomic E-state index is 0.330. The molecule has 2 aliphatic rings. The molecule has 2 atom stereocenters. The third-order valence-corrected chi connectivity index (χ3v) is 6.34. The number of fused-ring (bicyclic) bond motifs is 3. The van der Waals surface area contributed by atoms with Crippen molar-refractivity contribution in [3.8, 4) is 0 Å². The number of benzene rings is 3. The molecule has 0 N–H and O–H groups in total. The normalized spacial score (nSPS) is 22.9. The SMILES string of the molecule is O=C1CC(CN2CCC(c3ccccc3)C2)Cc2ccc3ccccc3c21. The minimum absolute atomic E-state index is 0.330. The lowest BCUT2D eigenvalue weighted by molar-refractivity contribution is 0.0937. The molecule has 0 radical (unpaired) electrons. The molecule has 136 valence electrons. The fraction of sp³-hybridized carbons (Fsp3) is 0.320. The van der Waals surface area contributed by atoms with E-state index in [0.29, 0.717) is 24.0 Å². The summed E-state index contributed by atoms with van der Waals surface area (Å²) in [7, 11) is 0. The van der Waals surface area contributed by atoms with Gasteiger partial charge in [-0.25, -0.2) is 0 Å². The van der Waals surface area contributed by atoms with E-state index in [4.69, 9.17) is 0 Å². The van der Waals surface area contributed by atoms with Gasteiger partial charge in [0.05, 0.1) is 0 Å². The Labute approximate surface area is 160 Å². The Morgan fingerprint density at radius 2 is 1.70 bits per heavy atom. The van der Waals surface area contributed by atoms with Gasteiger partial charge in [-0.2, -0.15) is 0 Å². The number of carbonyl (C=O) groups excluding carboxylic acids is 1. The van der Waals surface area contributed by atoms with Crippen molar-refractivity contribution in [2.24, 2.45) is 5.92 Å². The molecule has 1 aliphatic carbocycles. The highest BCUT2D eigenvalue weighted by atomic mass is 16.1. The summed E-state index contributed by atoms with van der Waals surface area (Å²) in [6, 6.07) is 23.5. The van der Waals surface area contributed by atoms with Crippen LogP contribution in [0, 0.1) is 5.92 Å². The first-order valence-corrected chi connectivity index (χ1v) is 10.1. The maximum Gasteiger partial charge on any atom is 0.164 e. The molecule has 2 heteroatoms. The summed E-state index contributed by atoms with van der Waals surface area (Å²) in [6.45, 7) is 3.31. The van der Waals surface area contributed by atoms with Crippen molar-refractivity contribution in [2.45, 2.75) is 25.2 Å². The highest BCUT2D eigenvalue weighted by Gasteiger charge is 2.30. The standard InChI is InChI=1S/C25H25NO/c27-24-15-18(14-21-11-10-20-8-4-5-9-23(20)25(21)24)16-26-13-12-22(17-26)19-6-2-1-3-7-19/h1-11,18,22H,12-17H2. The summed E-state index contributed by atoms with van der Waals surface area (Å²) in [6.07, 6.45) is 2.94. The molecule has 1 saturated heterocycles. The van der Waals surface area contributed by atoms with E-state index in [-0.39, 0.29) is 0 Å². The fourth-order valence-electron chi connectivity index (χ4n) is 5.05. The maximum absolute atomic E-state index is 13.0. The summed E-state index contributed by atoms with van der Waals surface area (Å²) >= 11 is 0. The molecule has 0 spiro atoms. The predicted molar refractivity (Wildman–Crippen MR) is 110 cm³/mol. The van der Waals surface area contributed by atoms with Crippen LogP contribution in [0.3, 0.4) is 0 Å². The molecular formula is C25H25NO. The zero-order valence-corrected chi connectivity index (χ0v) is 15.6. The molecule has 3 aromatic rings. The second kappa shape index (κ2) is 6.94. The third kappa shape index (κ3) is 3.19. The molecule has 0 saturated carbocycles. The van der Waals surface area contributed by atoms with Crippen molar-refractivity contribution < 1.29 is 4.79 Å². The lowest BCUT2D eigenvalue weighted by atomic mass is 9.80. The van der Waals surface area contributed by atoms with Gasteiger partial charge in [0.2, 0.25) is 0 Å². The van der Waals surface area contributed by atoms with Crippen molar-refractivity contribution in [1.82, 2.24) is 4.90 Å². The second-order valence-corrected chi connectivity index (χ2v) is 8.17. The quantitative estimate of drug-likeness (QED) is 0.653. The lowest BCUT2D eigenvalue weighted by Crippen LogP contribution is -2.32.